The molecule has 2 aromatic carbocycles. The third kappa shape index (κ3) is 3.45. The maximum Gasteiger partial charge on any atom is 0.137 e. The zero-order valence-corrected chi connectivity index (χ0v) is 11.2. The highest BCUT2D eigenvalue weighted by molar-refractivity contribution is 9.10. The topological polar surface area (TPSA) is 12.0 Å². The summed E-state index contributed by atoms with van der Waals surface area (Å²) in [5.74, 6) is -0.265. The Balaban J connectivity index is 2.05. The molecular formula is C13H10BrClFN. The van der Waals surface area contributed by atoms with E-state index in [1.165, 1.54) is 6.07 Å². The number of rotatable bonds is 3. The van der Waals surface area contributed by atoms with Crippen LogP contribution in [0.2, 0.25) is 5.02 Å². The fourth-order valence-corrected chi connectivity index (χ4v) is 2.05. The van der Waals surface area contributed by atoms with Crippen LogP contribution in [0.1, 0.15) is 5.56 Å². The fraction of sp³-hybridized carbons (Fsp3) is 0.0769. The van der Waals surface area contributed by atoms with Crippen molar-refractivity contribution in [2.45, 2.75) is 6.54 Å². The molecule has 17 heavy (non-hydrogen) atoms. The maximum absolute atomic E-state index is 13.0. The van der Waals surface area contributed by atoms with Crippen molar-refractivity contribution in [3.05, 3.63) is 63.3 Å². The summed E-state index contributed by atoms with van der Waals surface area (Å²) in [4.78, 5) is 0. The zero-order chi connectivity index (χ0) is 12.3. The van der Waals surface area contributed by atoms with Gasteiger partial charge in [0.25, 0.3) is 0 Å². The first-order valence-corrected chi connectivity index (χ1v) is 6.25. The van der Waals surface area contributed by atoms with E-state index in [0.717, 1.165) is 11.3 Å². The van der Waals surface area contributed by atoms with E-state index in [1.807, 2.05) is 24.3 Å². The van der Waals surface area contributed by atoms with E-state index in [0.29, 0.717) is 16.0 Å². The molecule has 0 spiro atoms. The first-order valence-electron chi connectivity index (χ1n) is 5.08. The van der Waals surface area contributed by atoms with E-state index in [4.69, 9.17) is 11.6 Å². The molecule has 88 valence electrons. The van der Waals surface area contributed by atoms with Gasteiger partial charge in [-0.2, -0.15) is 0 Å². The van der Waals surface area contributed by atoms with Crippen molar-refractivity contribution >= 4 is 33.2 Å². The molecule has 0 aliphatic carbocycles. The summed E-state index contributed by atoms with van der Waals surface area (Å²) in [6.07, 6.45) is 0. The van der Waals surface area contributed by atoms with E-state index >= 15 is 0 Å². The van der Waals surface area contributed by atoms with Gasteiger partial charge in [-0.25, -0.2) is 4.39 Å². The number of hydrogen-bond acceptors (Lipinski definition) is 1. The minimum Gasteiger partial charge on any atom is -0.381 e. The molecule has 0 fully saturated rings. The molecule has 0 unspecified atom stereocenters. The molecule has 0 saturated carbocycles. The summed E-state index contributed by atoms with van der Waals surface area (Å²) >= 11 is 9.04. The van der Waals surface area contributed by atoms with Crippen molar-refractivity contribution in [3.63, 3.8) is 0 Å². The van der Waals surface area contributed by atoms with Gasteiger partial charge in [-0.3, -0.25) is 0 Å². The van der Waals surface area contributed by atoms with Crippen LogP contribution in [0.3, 0.4) is 0 Å². The van der Waals surface area contributed by atoms with Gasteiger partial charge in [-0.1, -0.05) is 23.7 Å². The average molecular weight is 315 g/mol. The van der Waals surface area contributed by atoms with Crippen LogP contribution in [0.25, 0.3) is 0 Å². The molecule has 0 amide bonds. The summed E-state index contributed by atoms with van der Waals surface area (Å²) in [5, 5.41) is 3.91. The van der Waals surface area contributed by atoms with Crippen molar-refractivity contribution in [1.29, 1.82) is 0 Å². The molecule has 2 rings (SSSR count). The molecule has 1 nitrogen and oxygen atoms in total. The smallest absolute Gasteiger partial charge is 0.137 e. The van der Waals surface area contributed by atoms with Gasteiger partial charge in [-0.15, -0.1) is 0 Å². The summed E-state index contributed by atoms with van der Waals surface area (Å²) in [6, 6.07) is 12.4. The van der Waals surface area contributed by atoms with Crippen molar-refractivity contribution in [1.82, 2.24) is 0 Å². The average Bonchev–Trinajstić information content (AvgIpc) is 2.31. The Morgan fingerprint density at radius 3 is 2.71 bits per heavy atom. The van der Waals surface area contributed by atoms with Crippen LogP contribution in [0.5, 0.6) is 0 Å². The van der Waals surface area contributed by atoms with Crippen LogP contribution in [0.4, 0.5) is 10.1 Å². The van der Waals surface area contributed by atoms with Gasteiger partial charge < -0.3 is 5.32 Å². The third-order valence-electron chi connectivity index (χ3n) is 2.31. The first-order chi connectivity index (χ1) is 8.15. The second kappa shape index (κ2) is 5.52. The van der Waals surface area contributed by atoms with Crippen LogP contribution in [-0.4, -0.2) is 0 Å². The van der Waals surface area contributed by atoms with Gasteiger partial charge in [0, 0.05) is 17.3 Å². The summed E-state index contributed by atoms with van der Waals surface area (Å²) in [5.41, 5.74) is 1.94. The molecule has 4 heteroatoms. The van der Waals surface area contributed by atoms with E-state index < -0.39 is 0 Å². The molecule has 0 bridgehead atoms. The lowest BCUT2D eigenvalue weighted by Gasteiger charge is -2.07. The monoisotopic (exact) mass is 313 g/mol. The Bertz CT molecular complexity index is 531. The summed E-state index contributed by atoms with van der Waals surface area (Å²) in [6.45, 7) is 0.651. The molecule has 0 atom stereocenters. The molecule has 0 aliphatic rings. The molecule has 2 aromatic rings. The SMILES string of the molecule is Fc1ccc(NCc2cccc(Cl)c2)cc1Br. The van der Waals surface area contributed by atoms with Gasteiger partial charge in [0.15, 0.2) is 0 Å². The predicted molar refractivity (Wildman–Crippen MR) is 72.9 cm³/mol. The van der Waals surface area contributed by atoms with E-state index in [-0.39, 0.29) is 5.82 Å². The van der Waals surface area contributed by atoms with Crippen LogP contribution in [-0.2, 0) is 6.54 Å². The predicted octanol–water partition coefficient (Wildman–Crippen LogP) is 4.85. The van der Waals surface area contributed by atoms with Crippen molar-refractivity contribution in [2.75, 3.05) is 5.32 Å². The fourth-order valence-electron chi connectivity index (χ4n) is 1.46. The number of anilines is 1. The minimum absolute atomic E-state index is 0.265. The summed E-state index contributed by atoms with van der Waals surface area (Å²) < 4.78 is 13.5. The second-order valence-corrected chi connectivity index (χ2v) is 4.90. The lowest BCUT2D eigenvalue weighted by Crippen LogP contribution is -1.99. The quantitative estimate of drug-likeness (QED) is 0.853. The van der Waals surface area contributed by atoms with E-state index in [9.17, 15) is 4.39 Å². The molecule has 0 heterocycles. The Morgan fingerprint density at radius 1 is 1.18 bits per heavy atom. The minimum atomic E-state index is -0.265. The lowest BCUT2D eigenvalue weighted by atomic mass is 10.2. The largest absolute Gasteiger partial charge is 0.381 e. The van der Waals surface area contributed by atoms with Crippen molar-refractivity contribution in [3.8, 4) is 0 Å². The number of nitrogens with one attached hydrogen (secondary N) is 1. The molecule has 1 N–H and O–H groups in total. The number of benzene rings is 2. The van der Waals surface area contributed by atoms with Crippen LogP contribution in [0.15, 0.2) is 46.9 Å². The first kappa shape index (κ1) is 12.4. The van der Waals surface area contributed by atoms with Gasteiger partial charge in [-0.05, 0) is 51.8 Å². The third-order valence-corrected chi connectivity index (χ3v) is 3.15. The normalized spacial score (nSPS) is 10.3. The Kier molecular flexibility index (Phi) is 4.02. The van der Waals surface area contributed by atoms with Gasteiger partial charge in [0.1, 0.15) is 5.82 Å². The second-order valence-electron chi connectivity index (χ2n) is 3.61. The van der Waals surface area contributed by atoms with Gasteiger partial charge in [0.05, 0.1) is 4.47 Å². The summed E-state index contributed by atoms with van der Waals surface area (Å²) in [7, 11) is 0. The highest BCUT2D eigenvalue weighted by Crippen LogP contribution is 2.20. The Morgan fingerprint density at radius 2 is 2.00 bits per heavy atom. The van der Waals surface area contributed by atoms with Crippen molar-refractivity contribution in [2.24, 2.45) is 0 Å². The Labute approximate surface area is 113 Å². The van der Waals surface area contributed by atoms with Crippen LogP contribution < -0.4 is 5.32 Å². The Hall–Kier alpha value is -1.06. The van der Waals surface area contributed by atoms with E-state index in [2.05, 4.69) is 21.2 Å². The number of halogens is 3. The molecular weight excluding hydrogens is 305 g/mol. The molecule has 0 saturated heterocycles. The molecule has 0 aromatic heterocycles. The zero-order valence-electron chi connectivity index (χ0n) is 8.88. The maximum atomic E-state index is 13.0. The highest BCUT2D eigenvalue weighted by Gasteiger charge is 2.00. The number of hydrogen-bond donors (Lipinski definition) is 1. The lowest BCUT2D eigenvalue weighted by molar-refractivity contribution is 0.621. The van der Waals surface area contributed by atoms with Crippen molar-refractivity contribution < 1.29 is 4.39 Å². The van der Waals surface area contributed by atoms with E-state index in [1.54, 1.807) is 12.1 Å². The van der Waals surface area contributed by atoms with Gasteiger partial charge >= 0.3 is 0 Å². The van der Waals surface area contributed by atoms with Crippen LogP contribution >= 0.6 is 27.5 Å². The standard InChI is InChI=1S/C13H10BrClFN/c14-12-7-11(4-5-13(12)16)17-8-9-2-1-3-10(15)6-9/h1-7,17H,8H2. The highest BCUT2D eigenvalue weighted by atomic mass is 79.9. The molecule has 0 aliphatic heterocycles. The van der Waals surface area contributed by atoms with Crippen LogP contribution in [0, 0.1) is 5.82 Å². The molecule has 0 radical (unpaired) electrons. The van der Waals surface area contributed by atoms with Gasteiger partial charge in [0.2, 0.25) is 0 Å².